The standard InChI is InChI=1S/C12H19NO3/c1-5-7-12(11(2,3)4)9(14)6-8-13(12)10(15)16/h1,9,14H,6-8H2,2-4H3,(H,15,16)/t9-,12-/m0/s1. The fraction of sp³-hybridized carbons (Fsp3) is 0.750. The quantitative estimate of drug-likeness (QED) is 0.665. The zero-order valence-corrected chi connectivity index (χ0v) is 10.0. The number of amides is 1. The Morgan fingerprint density at radius 3 is 2.56 bits per heavy atom. The van der Waals surface area contributed by atoms with Crippen molar-refractivity contribution < 1.29 is 15.0 Å². The Bertz CT molecular complexity index is 326. The maximum absolute atomic E-state index is 11.2. The smallest absolute Gasteiger partial charge is 0.407 e. The van der Waals surface area contributed by atoms with Crippen molar-refractivity contribution in [3.05, 3.63) is 0 Å². The SMILES string of the molecule is C#CC[C@@]1(C(C)(C)C)[C@@H](O)CCN1C(=O)O. The topological polar surface area (TPSA) is 60.8 Å². The van der Waals surface area contributed by atoms with Gasteiger partial charge in [0.2, 0.25) is 0 Å². The monoisotopic (exact) mass is 225 g/mol. The number of carboxylic acid groups (broad SMARTS) is 1. The van der Waals surface area contributed by atoms with Crippen molar-refractivity contribution in [2.45, 2.75) is 45.3 Å². The van der Waals surface area contributed by atoms with Crippen LogP contribution < -0.4 is 0 Å². The van der Waals surface area contributed by atoms with Crippen LogP contribution in [-0.4, -0.2) is 39.4 Å². The lowest BCUT2D eigenvalue weighted by Crippen LogP contribution is -2.60. The molecule has 90 valence electrons. The first-order valence-corrected chi connectivity index (χ1v) is 5.39. The van der Waals surface area contributed by atoms with E-state index in [-0.39, 0.29) is 6.42 Å². The summed E-state index contributed by atoms with van der Waals surface area (Å²) in [5.74, 6) is 2.51. The maximum Gasteiger partial charge on any atom is 0.407 e. The molecule has 4 nitrogen and oxygen atoms in total. The average Bonchev–Trinajstić information content (AvgIpc) is 2.44. The largest absolute Gasteiger partial charge is 0.465 e. The van der Waals surface area contributed by atoms with Crippen LogP contribution in [0.5, 0.6) is 0 Å². The molecule has 1 aliphatic heterocycles. The van der Waals surface area contributed by atoms with Gasteiger partial charge in [-0.3, -0.25) is 4.90 Å². The number of hydrogen-bond donors (Lipinski definition) is 2. The van der Waals surface area contributed by atoms with Crippen LogP contribution in [0, 0.1) is 17.8 Å². The van der Waals surface area contributed by atoms with E-state index < -0.39 is 23.2 Å². The molecule has 0 saturated carbocycles. The maximum atomic E-state index is 11.2. The second kappa shape index (κ2) is 3.99. The number of nitrogens with zero attached hydrogens (tertiary/aromatic N) is 1. The van der Waals surface area contributed by atoms with Crippen molar-refractivity contribution in [2.75, 3.05) is 6.54 Å². The van der Waals surface area contributed by atoms with Gasteiger partial charge in [-0.1, -0.05) is 20.8 Å². The summed E-state index contributed by atoms with van der Waals surface area (Å²) in [5, 5.41) is 19.3. The van der Waals surface area contributed by atoms with Gasteiger partial charge in [0.15, 0.2) is 0 Å². The highest BCUT2D eigenvalue weighted by Gasteiger charge is 2.56. The molecule has 1 heterocycles. The molecule has 4 heteroatoms. The molecule has 0 aromatic carbocycles. The van der Waals surface area contributed by atoms with Crippen LogP contribution in [0.25, 0.3) is 0 Å². The highest BCUT2D eigenvalue weighted by Crippen LogP contribution is 2.46. The van der Waals surface area contributed by atoms with Crippen molar-refractivity contribution in [3.8, 4) is 12.3 Å². The molecule has 0 radical (unpaired) electrons. The minimum absolute atomic E-state index is 0.240. The normalized spacial score (nSPS) is 30.2. The lowest BCUT2D eigenvalue weighted by molar-refractivity contribution is -0.0372. The summed E-state index contributed by atoms with van der Waals surface area (Å²) in [7, 11) is 0. The zero-order valence-electron chi connectivity index (χ0n) is 10.0. The number of aliphatic hydroxyl groups is 1. The predicted molar refractivity (Wildman–Crippen MR) is 61.0 cm³/mol. The molecule has 0 aromatic heterocycles. The number of carbonyl (C=O) groups is 1. The lowest BCUT2D eigenvalue weighted by atomic mass is 9.68. The van der Waals surface area contributed by atoms with Crippen LogP contribution >= 0.6 is 0 Å². The molecule has 2 atom stereocenters. The van der Waals surface area contributed by atoms with Crippen LogP contribution in [0.3, 0.4) is 0 Å². The van der Waals surface area contributed by atoms with E-state index in [4.69, 9.17) is 6.42 Å². The zero-order chi connectivity index (χ0) is 12.6. The van der Waals surface area contributed by atoms with E-state index in [2.05, 4.69) is 5.92 Å². The Hall–Kier alpha value is -1.21. The average molecular weight is 225 g/mol. The van der Waals surface area contributed by atoms with Crippen molar-refractivity contribution in [1.29, 1.82) is 0 Å². The molecule has 1 rings (SSSR count). The van der Waals surface area contributed by atoms with Crippen molar-refractivity contribution in [3.63, 3.8) is 0 Å². The third-order valence-electron chi connectivity index (χ3n) is 3.56. The second-order valence-electron chi connectivity index (χ2n) is 5.29. The van der Waals surface area contributed by atoms with Crippen LogP contribution in [0.2, 0.25) is 0 Å². The summed E-state index contributed by atoms with van der Waals surface area (Å²) in [6.07, 6.45) is 4.32. The Morgan fingerprint density at radius 2 is 2.19 bits per heavy atom. The van der Waals surface area contributed by atoms with Crippen molar-refractivity contribution in [2.24, 2.45) is 5.41 Å². The van der Waals surface area contributed by atoms with Crippen LogP contribution in [0.1, 0.15) is 33.6 Å². The van der Waals surface area contributed by atoms with Crippen LogP contribution in [-0.2, 0) is 0 Å². The van der Waals surface area contributed by atoms with E-state index in [0.717, 1.165) is 0 Å². The molecule has 0 aromatic rings. The Balaban J connectivity index is 3.25. The minimum atomic E-state index is -1.01. The Morgan fingerprint density at radius 1 is 1.62 bits per heavy atom. The van der Waals surface area contributed by atoms with E-state index in [1.54, 1.807) is 0 Å². The molecule has 1 amide bonds. The molecule has 1 fully saturated rings. The van der Waals surface area contributed by atoms with E-state index in [1.807, 2.05) is 20.8 Å². The van der Waals surface area contributed by atoms with Crippen molar-refractivity contribution in [1.82, 2.24) is 4.90 Å². The first kappa shape index (κ1) is 12.9. The Labute approximate surface area is 96.3 Å². The van der Waals surface area contributed by atoms with Gasteiger partial charge in [-0.05, 0) is 11.8 Å². The number of aliphatic hydroxyl groups excluding tert-OH is 1. The molecule has 16 heavy (non-hydrogen) atoms. The Kier molecular flexibility index (Phi) is 3.20. The molecule has 0 unspecified atom stereocenters. The van der Waals surface area contributed by atoms with Gasteiger partial charge >= 0.3 is 6.09 Å². The summed E-state index contributed by atoms with van der Waals surface area (Å²) >= 11 is 0. The lowest BCUT2D eigenvalue weighted by Gasteiger charge is -2.47. The molecule has 1 aliphatic rings. The third kappa shape index (κ3) is 1.65. The molecule has 1 saturated heterocycles. The van der Waals surface area contributed by atoms with E-state index in [1.165, 1.54) is 4.90 Å². The third-order valence-corrected chi connectivity index (χ3v) is 3.56. The number of hydrogen-bond acceptors (Lipinski definition) is 2. The minimum Gasteiger partial charge on any atom is -0.465 e. The fourth-order valence-corrected chi connectivity index (χ4v) is 2.67. The first-order chi connectivity index (χ1) is 7.27. The van der Waals surface area contributed by atoms with Gasteiger partial charge in [0.05, 0.1) is 11.6 Å². The summed E-state index contributed by atoms with van der Waals surface area (Å²) < 4.78 is 0. The summed E-state index contributed by atoms with van der Waals surface area (Å²) in [5.41, 5.74) is -1.26. The van der Waals surface area contributed by atoms with Crippen LogP contribution in [0.15, 0.2) is 0 Å². The van der Waals surface area contributed by atoms with E-state index in [9.17, 15) is 15.0 Å². The molecular formula is C12H19NO3. The van der Waals surface area contributed by atoms with Gasteiger partial charge in [0.1, 0.15) is 0 Å². The van der Waals surface area contributed by atoms with Gasteiger partial charge in [-0.25, -0.2) is 4.79 Å². The fourth-order valence-electron chi connectivity index (χ4n) is 2.67. The predicted octanol–water partition coefficient (Wildman–Crippen LogP) is 1.54. The molecule has 0 aliphatic carbocycles. The second-order valence-corrected chi connectivity index (χ2v) is 5.29. The first-order valence-electron chi connectivity index (χ1n) is 5.39. The van der Waals surface area contributed by atoms with Gasteiger partial charge in [-0.15, -0.1) is 12.3 Å². The highest BCUT2D eigenvalue weighted by atomic mass is 16.4. The molecular weight excluding hydrogens is 206 g/mol. The number of likely N-dealkylation sites (tertiary alicyclic amines) is 1. The van der Waals surface area contributed by atoms with E-state index in [0.29, 0.717) is 13.0 Å². The van der Waals surface area contributed by atoms with Crippen LogP contribution in [0.4, 0.5) is 4.79 Å². The summed E-state index contributed by atoms with van der Waals surface area (Å²) in [6, 6.07) is 0. The van der Waals surface area contributed by atoms with Gasteiger partial charge in [0, 0.05) is 13.0 Å². The summed E-state index contributed by atoms with van der Waals surface area (Å²) in [4.78, 5) is 12.5. The van der Waals surface area contributed by atoms with Gasteiger partial charge < -0.3 is 10.2 Å². The highest BCUT2D eigenvalue weighted by molar-refractivity contribution is 5.67. The molecule has 2 N–H and O–H groups in total. The van der Waals surface area contributed by atoms with Gasteiger partial charge in [-0.2, -0.15) is 0 Å². The number of terminal acetylenes is 1. The van der Waals surface area contributed by atoms with Crippen molar-refractivity contribution >= 4 is 6.09 Å². The number of rotatable bonds is 1. The molecule has 0 bridgehead atoms. The van der Waals surface area contributed by atoms with E-state index >= 15 is 0 Å². The molecule has 0 spiro atoms. The van der Waals surface area contributed by atoms with Gasteiger partial charge in [0.25, 0.3) is 0 Å². The summed E-state index contributed by atoms with van der Waals surface area (Å²) in [6.45, 7) is 6.08.